The molecule has 6 heteroatoms. The largest absolute Gasteiger partial charge is 0.493 e. The monoisotopic (exact) mass is 335 g/mol. The van der Waals surface area contributed by atoms with Crippen molar-refractivity contribution in [2.75, 3.05) is 60.5 Å². The van der Waals surface area contributed by atoms with Crippen LogP contribution in [0.2, 0.25) is 0 Å². The lowest BCUT2D eigenvalue weighted by atomic mass is 10.1. The Labute approximate surface area is 144 Å². The number of benzene rings is 1. The lowest BCUT2D eigenvalue weighted by Gasteiger charge is -2.32. The highest BCUT2D eigenvalue weighted by Gasteiger charge is 2.18. The molecule has 2 rings (SSSR count). The molecule has 1 aliphatic rings. The molecule has 0 aromatic heterocycles. The normalized spacial score (nSPS) is 15.4. The van der Waals surface area contributed by atoms with Crippen molar-refractivity contribution in [2.45, 2.75) is 12.8 Å². The second-order valence-corrected chi connectivity index (χ2v) is 6.12. The Morgan fingerprint density at radius 3 is 2.46 bits per heavy atom. The van der Waals surface area contributed by atoms with Crippen LogP contribution >= 0.6 is 0 Å². The van der Waals surface area contributed by atoms with Gasteiger partial charge in [-0.25, -0.2) is 0 Å². The predicted molar refractivity (Wildman–Crippen MR) is 94.8 cm³/mol. The van der Waals surface area contributed by atoms with Gasteiger partial charge in [0.15, 0.2) is 11.5 Å². The summed E-state index contributed by atoms with van der Waals surface area (Å²) in [4.78, 5) is 16.4. The minimum Gasteiger partial charge on any atom is -0.493 e. The molecule has 1 aromatic rings. The van der Waals surface area contributed by atoms with Crippen molar-refractivity contribution in [3.8, 4) is 11.5 Å². The Morgan fingerprint density at radius 2 is 1.79 bits per heavy atom. The van der Waals surface area contributed by atoms with Gasteiger partial charge in [0.2, 0.25) is 5.91 Å². The van der Waals surface area contributed by atoms with Gasteiger partial charge < -0.3 is 24.6 Å². The average Bonchev–Trinajstić information content (AvgIpc) is 2.61. The van der Waals surface area contributed by atoms with E-state index in [1.165, 1.54) is 5.56 Å². The quantitative estimate of drug-likeness (QED) is 0.719. The molecule has 1 aliphatic heterocycles. The summed E-state index contributed by atoms with van der Waals surface area (Å²) in [6.45, 7) is 5.20. The van der Waals surface area contributed by atoms with Crippen molar-refractivity contribution in [2.24, 2.45) is 0 Å². The zero-order chi connectivity index (χ0) is 17.4. The van der Waals surface area contributed by atoms with Gasteiger partial charge in [-0.15, -0.1) is 0 Å². The van der Waals surface area contributed by atoms with E-state index in [-0.39, 0.29) is 5.91 Å². The SMILES string of the molecule is COc1ccc(CCNCCC(=O)N2CCN(C)CC2)cc1OC. The van der Waals surface area contributed by atoms with Crippen LogP contribution in [-0.2, 0) is 11.2 Å². The molecule has 0 atom stereocenters. The Balaban J connectivity index is 1.65. The van der Waals surface area contributed by atoms with Crippen molar-refractivity contribution in [1.82, 2.24) is 15.1 Å². The number of ether oxygens (including phenoxy) is 2. The Bertz CT molecular complexity index is 528. The Hall–Kier alpha value is -1.79. The summed E-state index contributed by atoms with van der Waals surface area (Å²) in [6, 6.07) is 5.96. The molecule has 0 radical (unpaired) electrons. The summed E-state index contributed by atoms with van der Waals surface area (Å²) in [6.07, 6.45) is 1.46. The summed E-state index contributed by atoms with van der Waals surface area (Å²) >= 11 is 0. The van der Waals surface area contributed by atoms with Gasteiger partial charge >= 0.3 is 0 Å². The van der Waals surface area contributed by atoms with Gasteiger partial charge in [0.05, 0.1) is 14.2 Å². The fourth-order valence-electron chi connectivity index (χ4n) is 2.80. The van der Waals surface area contributed by atoms with E-state index in [4.69, 9.17) is 9.47 Å². The number of rotatable bonds is 8. The lowest BCUT2D eigenvalue weighted by Crippen LogP contribution is -2.47. The zero-order valence-electron chi connectivity index (χ0n) is 15.0. The molecule has 1 aromatic carbocycles. The molecule has 1 N–H and O–H groups in total. The van der Waals surface area contributed by atoms with Crippen LogP contribution in [-0.4, -0.2) is 76.2 Å². The molecule has 24 heavy (non-hydrogen) atoms. The van der Waals surface area contributed by atoms with Gasteiger partial charge in [-0.3, -0.25) is 4.79 Å². The molecule has 1 amide bonds. The van der Waals surface area contributed by atoms with Gasteiger partial charge in [-0.2, -0.15) is 0 Å². The summed E-state index contributed by atoms with van der Waals surface area (Å²) in [5, 5.41) is 3.35. The number of amides is 1. The first-order valence-corrected chi connectivity index (χ1v) is 8.52. The van der Waals surface area contributed by atoms with E-state index < -0.39 is 0 Å². The van der Waals surface area contributed by atoms with E-state index in [1.807, 2.05) is 23.1 Å². The van der Waals surface area contributed by atoms with Crippen molar-refractivity contribution < 1.29 is 14.3 Å². The van der Waals surface area contributed by atoms with Gasteiger partial charge in [0.25, 0.3) is 0 Å². The van der Waals surface area contributed by atoms with Crippen molar-refractivity contribution in [3.05, 3.63) is 23.8 Å². The van der Waals surface area contributed by atoms with Crippen LogP contribution < -0.4 is 14.8 Å². The average molecular weight is 335 g/mol. The van der Waals surface area contributed by atoms with E-state index in [9.17, 15) is 4.79 Å². The first-order valence-electron chi connectivity index (χ1n) is 8.52. The van der Waals surface area contributed by atoms with Crippen LogP contribution in [0.1, 0.15) is 12.0 Å². The fraction of sp³-hybridized carbons (Fsp3) is 0.611. The third-order valence-electron chi connectivity index (χ3n) is 4.41. The van der Waals surface area contributed by atoms with Crippen LogP contribution in [0.15, 0.2) is 18.2 Å². The highest BCUT2D eigenvalue weighted by Crippen LogP contribution is 2.27. The molecule has 1 heterocycles. The summed E-state index contributed by atoms with van der Waals surface area (Å²) in [5.74, 6) is 1.74. The Kier molecular flexibility index (Phi) is 7.34. The number of carbonyl (C=O) groups is 1. The number of methoxy groups -OCH3 is 2. The third kappa shape index (κ3) is 5.39. The smallest absolute Gasteiger partial charge is 0.223 e. The molecule has 0 aliphatic carbocycles. The summed E-state index contributed by atoms with van der Waals surface area (Å²) < 4.78 is 10.6. The number of carbonyl (C=O) groups excluding carboxylic acids is 1. The third-order valence-corrected chi connectivity index (χ3v) is 4.41. The standard InChI is InChI=1S/C18H29N3O3/c1-20-10-12-21(13-11-20)18(22)7-9-19-8-6-15-4-5-16(23-2)17(14-15)24-3/h4-5,14,19H,6-13H2,1-3H3. The minimum absolute atomic E-state index is 0.252. The topological polar surface area (TPSA) is 54.0 Å². The lowest BCUT2D eigenvalue weighted by molar-refractivity contribution is -0.132. The van der Waals surface area contributed by atoms with Gasteiger partial charge in [0.1, 0.15) is 0 Å². The number of likely N-dealkylation sites (N-methyl/N-ethyl adjacent to an activating group) is 1. The van der Waals surface area contributed by atoms with E-state index in [2.05, 4.69) is 17.3 Å². The molecule has 0 bridgehead atoms. The number of piperazine rings is 1. The fourth-order valence-corrected chi connectivity index (χ4v) is 2.80. The second-order valence-electron chi connectivity index (χ2n) is 6.12. The molecule has 1 fully saturated rings. The maximum Gasteiger partial charge on any atom is 0.223 e. The van der Waals surface area contributed by atoms with E-state index in [1.54, 1.807) is 14.2 Å². The molecule has 134 valence electrons. The summed E-state index contributed by atoms with van der Waals surface area (Å²) in [7, 11) is 5.37. The molecule has 0 spiro atoms. The first-order chi connectivity index (χ1) is 11.6. The molecular weight excluding hydrogens is 306 g/mol. The molecule has 0 unspecified atom stereocenters. The minimum atomic E-state index is 0.252. The number of hydrogen-bond acceptors (Lipinski definition) is 5. The van der Waals surface area contributed by atoms with Gasteiger partial charge in [-0.1, -0.05) is 6.07 Å². The second kappa shape index (κ2) is 9.49. The van der Waals surface area contributed by atoms with Crippen LogP contribution in [0.4, 0.5) is 0 Å². The highest BCUT2D eigenvalue weighted by molar-refractivity contribution is 5.76. The Morgan fingerprint density at radius 1 is 1.08 bits per heavy atom. The zero-order valence-corrected chi connectivity index (χ0v) is 15.0. The molecular formula is C18H29N3O3. The van der Waals surface area contributed by atoms with Crippen molar-refractivity contribution in [3.63, 3.8) is 0 Å². The van der Waals surface area contributed by atoms with E-state index in [0.717, 1.165) is 57.2 Å². The first kappa shape index (κ1) is 18.5. The number of nitrogens with one attached hydrogen (secondary N) is 1. The molecule has 6 nitrogen and oxygen atoms in total. The maximum atomic E-state index is 12.1. The van der Waals surface area contributed by atoms with Crippen LogP contribution in [0.5, 0.6) is 11.5 Å². The summed E-state index contributed by atoms with van der Waals surface area (Å²) in [5.41, 5.74) is 1.19. The van der Waals surface area contributed by atoms with Crippen molar-refractivity contribution in [1.29, 1.82) is 0 Å². The number of hydrogen-bond donors (Lipinski definition) is 1. The van der Waals surface area contributed by atoms with Crippen LogP contribution in [0.3, 0.4) is 0 Å². The van der Waals surface area contributed by atoms with Crippen molar-refractivity contribution >= 4 is 5.91 Å². The molecule has 1 saturated heterocycles. The maximum absolute atomic E-state index is 12.1. The van der Waals surface area contributed by atoms with Gasteiger partial charge in [-0.05, 0) is 37.7 Å². The predicted octanol–water partition coefficient (Wildman–Crippen LogP) is 1.00. The molecule has 0 saturated carbocycles. The number of nitrogens with zero attached hydrogens (tertiary/aromatic N) is 2. The highest BCUT2D eigenvalue weighted by atomic mass is 16.5. The van der Waals surface area contributed by atoms with Gasteiger partial charge in [0, 0.05) is 39.1 Å². The van der Waals surface area contributed by atoms with Crippen LogP contribution in [0.25, 0.3) is 0 Å². The van der Waals surface area contributed by atoms with E-state index >= 15 is 0 Å². The van der Waals surface area contributed by atoms with Crippen LogP contribution in [0, 0.1) is 0 Å². The van der Waals surface area contributed by atoms with E-state index in [0.29, 0.717) is 6.42 Å².